The number of sulfonamides is 1. The Kier molecular flexibility index (Phi) is 4.04. The molecule has 1 atom stereocenters. The summed E-state index contributed by atoms with van der Waals surface area (Å²) in [4.78, 5) is 24.7. The van der Waals surface area contributed by atoms with E-state index in [-0.39, 0.29) is 0 Å². The summed E-state index contributed by atoms with van der Waals surface area (Å²) in [6.07, 6.45) is 4.32. The molecule has 0 saturated carbocycles. The van der Waals surface area contributed by atoms with Gasteiger partial charge in [-0.25, -0.2) is 17.7 Å². The number of primary amides is 1. The minimum atomic E-state index is -3.68. The highest BCUT2D eigenvalue weighted by molar-refractivity contribution is 7.92. The van der Waals surface area contributed by atoms with Crippen LogP contribution in [0.1, 0.15) is 39.6 Å². The van der Waals surface area contributed by atoms with Crippen LogP contribution in [-0.2, 0) is 10.0 Å². The van der Waals surface area contributed by atoms with Crippen molar-refractivity contribution in [1.82, 2.24) is 9.97 Å². The first-order valence-electron chi connectivity index (χ1n) is 8.23. The van der Waals surface area contributed by atoms with Crippen LogP contribution in [0.25, 0.3) is 11.0 Å². The van der Waals surface area contributed by atoms with Crippen molar-refractivity contribution in [3.8, 4) is 0 Å². The van der Waals surface area contributed by atoms with Gasteiger partial charge in [0.25, 0.3) is 5.91 Å². The zero-order valence-electron chi connectivity index (χ0n) is 14.6. The standard InChI is InChI=1S/C17H17N5O3S2/c1-3-11-14-12(8-13(26-14)15(18)23)22(27(2,24)25)17(21-11)10-5-7-20-16-9(10)4-6-19-16/h4-8,17H,3H2,1-2H3,(H2,18,23)(H,19,20). The fourth-order valence-corrected chi connectivity index (χ4v) is 5.43. The number of carbonyl (C=O) groups excluding carboxylic acids is 1. The van der Waals surface area contributed by atoms with Gasteiger partial charge in [-0.15, -0.1) is 11.3 Å². The third kappa shape index (κ3) is 2.81. The van der Waals surface area contributed by atoms with Gasteiger partial charge in [-0.3, -0.25) is 9.79 Å². The Balaban J connectivity index is 2.00. The quantitative estimate of drug-likeness (QED) is 0.694. The molecule has 1 amide bonds. The van der Waals surface area contributed by atoms with Crippen LogP contribution in [0.2, 0.25) is 0 Å². The van der Waals surface area contributed by atoms with Crippen LogP contribution in [0.4, 0.5) is 5.69 Å². The number of rotatable bonds is 4. The summed E-state index contributed by atoms with van der Waals surface area (Å²) in [7, 11) is -3.68. The third-order valence-corrected chi connectivity index (χ3v) is 6.72. The van der Waals surface area contributed by atoms with Crippen molar-refractivity contribution in [3.05, 3.63) is 45.9 Å². The van der Waals surface area contributed by atoms with E-state index in [1.54, 1.807) is 18.5 Å². The van der Waals surface area contributed by atoms with Crippen molar-refractivity contribution in [1.29, 1.82) is 0 Å². The van der Waals surface area contributed by atoms with Gasteiger partial charge in [-0.1, -0.05) is 6.92 Å². The van der Waals surface area contributed by atoms with E-state index in [1.807, 2.05) is 13.0 Å². The maximum Gasteiger partial charge on any atom is 0.258 e. The molecule has 4 rings (SSSR count). The Morgan fingerprint density at radius 3 is 2.85 bits per heavy atom. The van der Waals surface area contributed by atoms with Gasteiger partial charge < -0.3 is 10.7 Å². The number of amides is 1. The summed E-state index contributed by atoms with van der Waals surface area (Å²) in [5, 5.41) is 0.796. The molecule has 4 heterocycles. The Bertz CT molecular complexity index is 1190. The predicted octanol–water partition coefficient (Wildman–Crippen LogP) is 2.40. The van der Waals surface area contributed by atoms with E-state index >= 15 is 0 Å². The first-order chi connectivity index (χ1) is 12.8. The van der Waals surface area contributed by atoms with Crippen LogP contribution in [0.5, 0.6) is 0 Å². The molecule has 0 radical (unpaired) electrons. The van der Waals surface area contributed by atoms with Crippen LogP contribution in [0, 0.1) is 0 Å². The molecule has 0 bridgehead atoms. The number of anilines is 1. The molecule has 0 spiro atoms. The third-order valence-electron chi connectivity index (χ3n) is 4.42. The zero-order valence-corrected chi connectivity index (χ0v) is 16.3. The van der Waals surface area contributed by atoms with Gasteiger partial charge in [0, 0.05) is 23.3 Å². The number of fused-ring (bicyclic) bond motifs is 2. The summed E-state index contributed by atoms with van der Waals surface area (Å²) in [5.74, 6) is -0.591. The number of hydrogen-bond donors (Lipinski definition) is 2. The van der Waals surface area contributed by atoms with Crippen molar-refractivity contribution >= 4 is 49.7 Å². The number of nitrogens with zero attached hydrogens (tertiary/aromatic N) is 3. The lowest BCUT2D eigenvalue weighted by molar-refractivity contribution is 0.100. The van der Waals surface area contributed by atoms with E-state index in [9.17, 15) is 13.2 Å². The number of thiophene rings is 1. The smallest absolute Gasteiger partial charge is 0.258 e. The average molecular weight is 403 g/mol. The van der Waals surface area contributed by atoms with Crippen molar-refractivity contribution < 1.29 is 13.2 Å². The molecule has 3 aromatic heterocycles. The number of H-pyrrole nitrogens is 1. The van der Waals surface area contributed by atoms with E-state index in [2.05, 4.69) is 9.97 Å². The normalized spacial score (nSPS) is 17.0. The summed E-state index contributed by atoms with van der Waals surface area (Å²) >= 11 is 1.17. The fourth-order valence-electron chi connectivity index (χ4n) is 3.28. The Morgan fingerprint density at radius 2 is 2.19 bits per heavy atom. The van der Waals surface area contributed by atoms with Crippen LogP contribution in [0.3, 0.4) is 0 Å². The number of carbonyl (C=O) groups is 1. The summed E-state index contributed by atoms with van der Waals surface area (Å²) in [6, 6.07) is 5.15. The minimum Gasteiger partial charge on any atom is -0.365 e. The molecular weight excluding hydrogens is 386 g/mol. The van der Waals surface area contributed by atoms with Crippen LogP contribution in [-0.4, -0.2) is 36.3 Å². The molecule has 27 heavy (non-hydrogen) atoms. The molecule has 3 N–H and O–H groups in total. The highest BCUT2D eigenvalue weighted by atomic mass is 32.2. The Morgan fingerprint density at radius 1 is 1.41 bits per heavy atom. The molecule has 0 aliphatic carbocycles. The van der Waals surface area contributed by atoms with Gasteiger partial charge >= 0.3 is 0 Å². The first kappa shape index (κ1) is 17.7. The summed E-state index contributed by atoms with van der Waals surface area (Å²) < 4.78 is 26.7. The van der Waals surface area contributed by atoms with Gasteiger partial charge in [0.1, 0.15) is 5.65 Å². The monoisotopic (exact) mass is 403 g/mol. The lowest BCUT2D eigenvalue weighted by Gasteiger charge is -2.33. The number of pyridine rings is 1. The number of nitrogens with one attached hydrogen (secondary N) is 1. The van der Waals surface area contributed by atoms with Gasteiger partial charge in [0.15, 0.2) is 6.17 Å². The highest BCUT2D eigenvalue weighted by Crippen LogP contribution is 2.43. The average Bonchev–Trinajstić information content (AvgIpc) is 3.25. The highest BCUT2D eigenvalue weighted by Gasteiger charge is 2.37. The summed E-state index contributed by atoms with van der Waals surface area (Å²) in [5.41, 5.74) is 7.98. The van der Waals surface area contributed by atoms with Crippen LogP contribution in [0.15, 0.2) is 35.6 Å². The van der Waals surface area contributed by atoms with E-state index in [0.717, 1.165) is 22.9 Å². The molecule has 0 fully saturated rings. The van der Waals surface area contributed by atoms with Crippen molar-refractivity contribution in [2.75, 3.05) is 10.6 Å². The second-order valence-electron chi connectivity index (χ2n) is 6.19. The van der Waals surface area contributed by atoms with Crippen molar-refractivity contribution in [3.63, 3.8) is 0 Å². The summed E-state index contributed by atoms with van der Waals surface area (Å²) in [6.45, 7) is 1.94. The molecule has 8 nitrogen and oxygen atoms in total. The van der Waals surface area contributed by atoms with Gasteiger partial charge in [0.05, 0.1) is 27.4 Å². The molecule has 140 valence electrons. The fraction of sp³-hybridized carbons (Fsp3) is 0.235. The molecule has 0 saturated heterocycles. The largest absolute Gasteiger partial charge is 0.365 e. The lowest BCUT2D eigenvalue weighted by atomic mass is 10.1. The molecule has 3 aromatic rings. The number of nitrogens with two attached hydrogens (primary N) is 1. The molecular formula is C17H17N5O3S2. The van der Waals surface area contributed by atoms with E-state index in [0.29, 0.717) is 27.5 Å². The molecule has 10 heteroatoms. The van der Waals surface area contributed by atoms with Crippen molar-refractivity contribution in [2.45, 2.75) is 19.5 Å². The maximum atomic E-state index is 12.7. The van der Waals surface area contributed by atoms with E-state index < -0.39 is 22.1 Å². The topological polar surface area (TPSA) is 122 Å². The Labute approximate surface area is 159 Å². The maximum absolute atomic E-state index is 12.7. The predicted molar refractivity (Wildman–Crippen MR) is 106 cm³/mol. The number of aliphatic imine (C=N–C) groups is 1. The number of hydrogen-bond acceptors (Lipinski definition) is 6. The molecule has 1 aliphatic heterocycles. The molecule has 1 unspecified atom stereocenters. The second kappa shape index (κ2) is 6.17. The van der Waals surface area contributed by atoms with Crippen molar-refractivity contribution in [2.24, 2.45) is 10.7 Å². The van der Waals surface area contributed by atoms with Crippen LogP contribution >= 0.6 is 11.3 Å². The lowest BCUT2D eigenvalue weighted by Crippen LogP contribution is -2.37. The van der Waals surface area contributed by atoms with E-state index in [1.165, 1.54) is 21.7 Å². The Hall–Kier alpha value is -2.72. The van der Waals surface area contributed by atoms with Gasteiger partial charge in [0.2, 0.25) is 10.0 Å². The van der Waals surface area contributed by atoms with Gasteiger partial charge in [-0.2, -0.15) is 0 Å². The molecule has 0 aromatic carbocycles. The number of aromatic nitrogens is 2. The van der Waals surface area contributed by atoms with Gasteiger partial charge in [-0.05, 0) is 24.6 Å². The zero-order chi connectivity index (χ0) is 19.3. The molecule has 1 aliphatic rings. The minimum absolute atomic E-state index is 0.303. The van der Waals surface area contributed by atoms with E-state index in [4.69, 9.17) is 10.7 Å². The van der Waals surface area contributed by atoms with Crippen LogP contribution < -0.4 is 10.0 Å². The first-order valence-corrected chi connectivity index (χ1v) is 10.9. The SMILES string of the molecule is CCC1=NC(c2ccnc3[nH]ccc23)N(S(C)(=O)=O)c2cc(C(N)=O)sc21. The number of aromatic amines is 1. The second-order valence-corrected chi connectivity index (χ2v) is 9.10.